The Morgan fingerprint density at radius 1 is 1.31 bits per heavy atom. The van der Waals surface area contributed by atoms with E-state index in [-0.39, 0.29) is 11.3 Å². The number of carbonyl (C=O) groups is 1. The Morgan fingerprint density at radius 2 is 2.04 bits per heavy atom. The van der Waals surface area contributed by atoms with Gasteiger partial charge in [0, 0.05) is 17.8 Å². The summed E-state index contributed by atoms with van der Waals surface area (Å²) in [7, 11) is 1.60. The molecule has 7 heteroatoms. The molecule has 0 aromatic heterocycles. The molecule has 3 N–H and O–H groups in total. The number of nitrogens with one attached hydrogen (secondary N) is 2. The van der Waals surface area contributed by atoms with Crippen molar-refractivity contribution in [2.24, 2.45) is 0 Å². The third kappa shape index (κ3) is 5.43. The molecule has 26 heavy (non-hydrogen) atoms. The van der Waals surface area contributed by atoms with Crippen LogP contribution >= 0.6 is 11.6 Å². The predicted octanol–water partition coefficient (Wildman–Crippen LogP) is 3.23. The molecular formula is C19H18ClN3O3. The second-order valence-electron chi connectivity index (χ2n) is 5.33. The molecular weight excluding hydrogens is 354 g/mol. The van der Waals surface area contributed by atoms with Crippen molar-refractivity contribution in [3.8, 4) is 17.6 Å². The highest BCUT2D eigenvalue weighted by atomic mass is 35.5. The van der Waals surface area contributed by atoms with E-state index in [1.165, 1.54) is 24.4 Å². The number of nitriles is 1. The van der Waals surface area contributed by atoms with Crippen molar-refractivity contribution < 1.29 is 14.6 Å². The number of carbonyl (C=O) groups excluding carboxylic acids is 1. The SMILES string of the molecule is COc1ccc(CCNC(=O)/C(C#N)=C\Nc2cc(Cl)ccc2O)cc1. The van der Waals surface area contributed by atoms with E-state index in [4.69, 9.17) is 21.6 Å². The van der Waals surface area contributed by atoms with Gasteiger partial charge in [0.05, 0.1) is 12.8 Å². The van der Waals surface area contributed by atoms with Crippen LogP contribution in [0.1, 0.15) is 5.56 Å². The topological polar surface area (TPSA) is 94.4 Å². The van der Waals surface area contributed by atoms with Crippen molar-refractivity contribution in [3.63, 3.8) is 0 Å². The zero-order chi connectivity index (χ0) is 18.9. The number of rotatable bonds is 7. The van der Waals surface area contributed by atoms with Crippen molar-refractivity contribution in [1.29, 1.82) is 5.26 Å². The van der Waals surface area contributed by atoms with Crippen LogP contribution in [0.5, 0.6) is 11.5 Å². The fourth-order valence-corrected chi connectivity index (χ4v) is 2.30. The molecule has 2 aromatic rings. The first-order valence-electron chi connectivity index (χ1n) is 7.80. The van der Waals surface area contributed by atoms with Gasteiger partial charge in [-0.25, -0.2) is 0 Å². The van der Waals surface area contributed by atoms with E-state index in [9.17, 15) is 9.90 Å². The highest BCUT2D eigenvalue weighted by molar-refractivity contribution is 6.30. The first kappa shape index (κ1) is 19.2. The molecule has 2 rings (SSSR count). The van der Waals surface area contributed by atoms with Gasteiger partial charge in [-0.1, -0.05) is 23.7 Å². The zero-order valence-electron chi connectivity index (χ0n) is 14.1. The van der Waals surface area contributed by atoms with Gasteiger partial charge in [0.15, 0.2) is 0 Å². The number of hydrogen-bond acceptors (Lipinski definition) is 5. The summed E-state index contributed by atoms with van der Waals surface area (Å²) >= 11 is 5.85. The maximum Gasteiger partial charge on any atom is 0.263 e. The Morgan fingerprint density at radius 3 is 2.69 bits per heavy atom. The molecule has 0 atom stereocenters. The minimum atomic E-state index is -0.505. The van der Waals surface area contributed by atoms with Crippen molar-refractivity contribution >= 4 is 23.2 Å². The van der Waals surface area contributed by atoms with Crippen LogP contribution < -0.4 is 15.4 Å². The number of benzene rings is 2. The molecule has 0 unspecified atom stereocenters. The molecule has 0 saturated carbocycles. The molecule has 2 aromatic carbocycles. The number of phenolic OH excluding ortho intramolecular Hbond substituents is 1. The van der Waals surface area contributed by atoms with Crippen molar-refractivity contribution in [2.45, 2.75) is 6.42 Å². The average molecular weight is 372 g/mol. The summed E-state index contributed by atoms with van der Waals surface area (Å²) in [6.07, 6.45) is 1.85. The predicted molar refractivity (Wildman–Crippen MR) is 100 cm³/mol. The summed E-state index contributed by atoms with van der Waals surface area (Å²) in [5.74, 6) is 0.223. The van der Waals surface area contributed by atoms with E-state index >= 15 is 0 Å². The van der Waals surface area contributed by atoms with Crippen molar-refractivity contribution in [2.75, 3.05) is 19.0 Å². The quantitative estimate of drug-likeness (QED) is 0.394. The lowest BCUT2D eigenvalue weighted by atomic mass is 10.1. The van der Waals surface area contributed by atoms with Crippen LogP contribution in [0.2, 0.25) is 5.02 Å². The Labute approximate surface area is 156 Å². The maximum absolute atomic E-state index is 12.1. The molecule has 0 bridgehead atoms. The number of nitrogens with zero attached hydrogens (tertiary/aromatic N) is 1. The molecule has 0 aliphatic carbocycles. The van der Waals surface area contributed by atoms with Crippen LogP contribution in [0, 0.1) is 11.3 Å². The molecule has 0 heterocycles. The number of methoxy groups -OCH3 is 1. The van der Waals surface area contributed by atoms with Crippen LogP contribution in [-0.4, -0.2) is 24.7 Å². The van der Waals surface area contributed by atoms with Gasteiger partial charge in [-0.3, -0.25) is 4.79 Å². The highest BCUT2D eigenvalue weighted by Crippen LogP contribution is 2.26. The van der Waals surface area contributed by atoms with Crippen LogP contribution in [0.15, 0.2) is 54.2 Å². The Kier molecular flexibility index (Phi) is 6.89. The summed E-state index contributed by atoms with van der Waals surface area (Å²) in [4.78, 5) is 12.1. The minimum Gasteiger partial charge on any atom is -0.506 e. The third-order valence-electron chi connectivity index (χ3n) is 3.55. The Hall–Kier alpha value is -3.17. The first-order chi connectivity index (χ1) is 12.5. The lowest BCUT2D eigenvalue weighted by molar-refractivity contribution is -0.117. The van der Waals surface area contributed by atoms with E-state index in [2.05, 4.69) is 10.6 Å². The van der Waals surface area contributed by atoms with Crippen molar-refractivity contribution in [1.82, 2.24) is 5.32 Å². The van der Waals surface area contributed by atoms with Gasteiger partial charge in [0.25, 0.3) is 5.91 Å². The van der Waals surface area contributed by atoms with E-state index in [1.807, 2.05) is 30.3 Å². The Bertz CT molecular complexity index is 842. The van der Waals surface area contributed by atoms with Crippen molar-refractivity contribution in [3.05, 3.63) is 64.8 Å². The highest BCUT2D eigenvalue weighted by Gasteiger charge is 2.09. The molecule has 0 radical (unpaired) electrons. The van der Waals surface area contributed by atoms with E-state index in [0.717, 1.165) is 11.3 Å². The summed E-state index contributed by atoms with van der Waals surface area (Å²) in [5, 5.41) is 24.7. The summed E-state index contributed by atoms with van der Waals surface area (Å²) in [6.45, 7) is 0.382. The van der Waals surface area contributed by atoms with Gasteiger partial charge >= 0.3 is 0 Å². The lowest BCUT2D eigenvalue weighted by Crippen LogP contribution is -2.27. The largest absolute Gasteiger partial charge is 0.506 e. The molecule has 0 aliphatic rings. The fraction of sp³-hybridized carbons (Fsp3) is 0.158. The minimum absolute atomic E-state index is 0.0390. The van der Waals surface area contributed by atoms with Crippen LogP contribution in [0.25, 0.3) is 0 Å². The number of aromatic hydroxyl groups is 1. The number of amides is 1. The molecule has 0 saturated heterocycles. The average Bonchev–Trinajstić information content (AvgIpc) is 2.65. The second kappa shape index (κ2) is 9.35. The maximum atomic E-state index is 12.1. The van der Waals surface area contributed by atoms with Gasteiger partial charge in [0.2, 0.25) is 0 Å². The summed E-state index contributed by atoms with van der Waals surface area (Å²) < 4.78 is 5.09. The van der Waals surface area contributed by atoms with E-state index < -0.39 is 5.91 Å². The van der Waals surface area contributed by atoms with Gasteiger partial charge < -0.3 is 20.5 Å². The summed E-state index contributed by atoms with van der Waals surface area (Å²) in [5.41, 5.74) is 1.23. The number of phenols is 1. The van der Waals surface area contributed by atoms with Gasteiger partial charge in [-0.05, 0) is 42.3 Å². The van der Waals surface area contributed by atoms with Crippen LogP contribution in [-0.2, 0) is 11.2 Å². The fourth-order valence-electron chi connectivity index (χ4n) is 2.13. The van der Waals surface area contributed by atoms with Gasteiger partial charge in [-0.15, -0.1) is 0 Å². The third-order valence-corrected chi connectivity index (χ3v) is 3.79. The smallest absolute Gasteiger partial charge is 0.263 e. The molecule has 134 valence electrons. The number of ether oxygens (including phenoxy) is 1. The Balaban J connectivity index is 1.91. The zero-order valence-corrected chi connectivity index (χ0v) is 14.9. The number of anilines is 1. The van der Waals surface area contributed by atoms with Crippen LogP contribution in [0.3, 0.4) is 0 Å². The lowest BCUT2D eigenvalue weighted by Gasteiger charge is -2.07. The van der Waals surface area contributed by atoms with E-state index in [0.29, 0.717) is 23.7 Å². The standard InChI is InChI=1S/C19H18ClN3O3/c1-26-16-5-2-13(3-6-16)8-9-22-19(25)14(11-21)12-23-17-10-15(20)4-7-18(17)24/h2-7,10,12,23-24H,8-9H2,1H3,(H,22,25)/b14-12-. The molecule has 1 amide bonds. The van der Waals surface area contributed by atoms with E-state index in [1.54, 1.807) is 7.11 Å². The normalized spacial score (nSPS) is 10.7. The number of hydrogen-bond donors (Lipinski definition) is 3. The van der Waals surface area contributed by atoms with Gasteiger partial charge in [0.1, 0.15) is 23.1 Å². The number of halogens is 1. The van der Waals surface area contributed by atoms with Gasteiger partial charge in [-0.2, -0.15) is 5.26 Å². The molecule has 0 fully saturated rings. The van der Waals surface area contributed by atoms with Crippen LogP contribution in [0.4, 0.5) is 5.69 Å². The molecule has 0 spiro atoms. The monoisotopic (exact) mass is 371 g/mol. The summed E-state index contributed by atoms with van der Waals surface area (Å²) in [6, 6.07) is 13.8. The first-order valence-corrected chi connectivity index (χ1v) is 8.17. The second-order valence-corrected chi connectivity index (χ2v) is 5.77. The molecule has 0 aliphatic heterocycles. The molecule has 6 nitrogen and oxygen atoms in total.